The molecule has 1 rings (SSSR count). The van der Waals surface area contributed by atoms with Crippen LogP contribution < -0.4 is 5.32 Å². The predicted octanol–water partition coefficient (Wildman–Crippen LogP) is 0.142. The number of hydrogen-bond acceptors (Lipinski definition) is 3. The minimum atomic E-state index is -0.0525. The average molecular weight is 204 g/mol. The summed E-state index contributed by atoms with van der Waals surface area (Å²) in [7, 11) is 1.66. The quantitative estimate of drug-likeness (QED) is 0.650. The normalized spacial score (nSPS) is 20.2. The van der Waals surface area contributed by atoms with Crippen molar-refractivity contribution in [3.8, 4) is 6.07 Å². The molecule has 0 saturated carbocycles. The molecule has 1 saturated heterocycles. The summed E-state index contributed by atoms with van der Waals surface area (Å²) < 4.78 is 0. The van der Waals surface area contributed by atoms with Gasteiger partial charge in [-0.05, 0) is 19.4 Å². The molecule has 1 heterocycles. The van der Waals surface area contributed by atoms with Gasteiger partial charge in [0, 0.05) is 7.05 Å². The SMILES string of the molecule is CN(CC#N)C(=O)[C@@H]1CCCN1.Cl. The maximum Gasteiger partial charge on any atom is 0.240 e. The van der Waals surface area contributed by atoms with E-state index in [9.17, 15) is 4.79 Å². The van der Waals surface area contributed by atoms with E-state index in [1.165, 1.54) is 4.90 Å². The third-order valence-electron chi connectivity index (χ3n) is 2.04. The first-order valence-corrected chi connectivity index (χ1v) is 4.11. The lowest BCUT2D eigenvalue weighted by molar-refractivity contribution is -0.131. The zero-order valence-corrected chi connectivity index (χ0v) is 8.43. The highest BCUT2D eigenvalue weighted by Crippen LogP contribution is 2.06. The Morgan fingerprint density at radius 3 is 2.92 bits per heavy atom. The van der Waals surface area contributed by atoms with Gasteiger partial charge >= 0.3 is 0 Å². The fourth-order valence-electron chi connectivity index (χ4n) is 1.35. The van der Waals surface area contributed by atoms with Crippen LogP contribution in [0.1, 0.15) is 12.8 Å². The van der Waals surface area contributed by atoms with Crippen LogP contribution in [0.5, 0.6) is 0 Å². The summed E-state index contributed by atoms with van der Waals surface area (Å²) in [6.45, 7) is 1.09. The summed E-state index contributed by atoms with van der Waals surface area (Å²) in [4.78, 5) is 12.9. The molecule has 1 fully saturated rings. The van der Waals surface area contributed by atoms with Crippen molar-refractivity contribution < 1.29 is 4.79 Å². The van der Waals surface area contributed by atoms with Gasteiger partial charge in [0.15, 0.2) is 0 Å². The maximum atomic E-state index is 11.4. The Bertz CT molecular complexity index is 208. The Morgan fingerprint density at radius 1 is 1.77 bits per heavy atom. The molecule has 1 N–H and O–H groups in total. The minimum absolute atomic E-state index is 0. The van der Waals surface area contributed by atoms with E-state index in [0.717, 1.165) is 19.4 Å². The van der Waals surface area contributed by atoms with E-state index in [-0.39, 0.29) is 30.9 Å². The first kappa shape index (κ1) is 12.2. The molecular weight excluding hydrogens is 190 g/mol. The van der Waals surface area contributed by atoms with Gasteiger partial charge in [-0.3, -0.25) is 4.79 Å². The molecule has 1 atom stereocenters. The Balaban J connectivity index is 0.00000144. The van der Waals surface area contributed by atoms with E-state index >= 15 is 0 Å². The number of nitrogens with zero attached hydrogens (tertiary/aromatic N) is 2. The van der Waals surface area contributed by atoms with Gasteiger partial charge in [-0.25, -0.2) is 0 Å². The number of carbonyl (C=O) groups excluding carboxylic acids is 1. The van der Waals surface area contributed by atoms with Crippen molar-refractivity contribution >= 4 is 18.3 Å². The first-order valence-electron chi connectivity index (χ1n) is 4.11. The van der Waals surface area contributed by atoms with Crippen molar-refractivity contribution in [2.24, 2.45) is 0 Å². The average Bonchev–Trinajstić information content (AvgIpc) is 2.55. The van der Waals surface area contributed by atoms with Gasteiger partial charge in [0.25, 0.3) is 0 Å². The Labute approximate surface area is 84.3 Å². The molecule has 74 valence electrons. The number of amides is 1. The summed E-state index contributed by atoms with van der Waals surface area (Å²) in [6.07, 6.45) is 1.95. The Kier molecular flexibility index (Phi) is 5.44. The highest BCUT2D eigenvalue weighted by Gasteiger charge is 2.24. The second kappa shape index (κ2) is 5.79. The Morgan fingerprint density at radius 2 is 2.46 bits per heavy atom. The summed E-state index contributed by atoms with van der Waals surface area (Å²) in [5.41, 5.74) is 0. The van der Waals surface area contributed by atoms with Crippen LogP contribution in [0.2, 0.25) is 0 Å². The van der Waals surface area contributed by atoms with E-state index in [1.807, 2.05) is 6.07 Å². The maximum absolute atomic E-state index is 11.4. The summed E-state index contributed by atoms with van der Waals surface area (Å²) in [6, 6.07) is 1.90. The van der Waals surface area contributed by atoms with Crippen LogP contribution in [0.15, 0.2) is 0 Å². The van der Waals surface area contributed by atoms with Crippen molar-refractivity contribution in [2.75, 3.05) is 20.1 Å². The second-order valence-electron chi connectivity index (χ2n) is 3.00. The fourth-order valence-corrected chi connectivity index (χ4v) is 1.35. The molecule has 0 aromatic carbocycles. The van der Waals surface area contributed by atoms with E-state index in [0.29, 0.717) is 0 Å². The zero-order chi connectivity index (χ0) is 8.97. The minimum Gasteiger partial charge on any atom is -0.331 e. The van der Waals surface area contributed by atoms with Crippen LogP contribution in [0.4, 0.5) is 0 Å². The van der Waals surface area contributed by atoms with Crippen molar-refractivity contribution in [3.05, 3.63) is 0 Å². The van der Waals surface area contributed by atoms with Crippen LogP contribution >= 0.6 is 12.4 Å². The van der Waals surface area contributed by atoms with Crippen LogP contribution in [0.3, 0.4) is 0 Å². The molecular formula is C8H14ClN3O. The summed E-state index contributed by atoms with van der Waals surface area (Å²) >= 11 is 0. The van der Waals surface area contributed by atoms with E-state index in [4.69, 9.17) is 5.26 Å². The topological polar surface area (TPSA) is 56.1 Å². The molecule has 4 nitrogen and oxygen atoms in total. The highest BCUT2D eigenvalue weighted by atomic mass is 35.5. The van der Waals surface area contributed by atoms with Gasteiger partial charge in [0.2, 0.25) is 5.91 Å². The van der Waals surface area contributed by atoms with Crippen LogP contribution in [-0.2, 0) is 4.79 Å². The lowest BCUT2D eigenvalue weighted by Gasteiger charge is -2.17. The number of nitriles is 1. The van der Waals surface area contributed by atoms with Gasteiger partial charge in [-0.2, -0.15) is 5.26 Å². The molecule has 0 spiro atoms. The van der Waals surface area contributed by atoms with Crippen molar-refractivity contribution in [3.63, 3.8) is 0 Å². The lowest BCUT2D eigenvalue weighted by atomic mass is 10.2. The summed E-state index contributed by atoms with van der Waals surface area (Å²) in [5, 5.41) is 11.5. The lowest BCUT2D eigenvalue weighted by Crippen LogP contribution is -2.41. The van der Waals surface area contributed by atoms with Gasteiger partial charge in [0.1, 0.15) is 6.54 Å². The van der Waals surface area contributed by atoms with Crippen molar-refractivity contribution in [1.29, 1.82) is 5.26 Å². The van der Waals surface area contributed by atoms with Crippen molar-refractivity contribution in [1.82, 2.24) is 10.2 Å². The van der Waals surface area contributed by atoms with E-state index < -0.39 is 0 Å². The second-order valence-corrected chi connectivity index (χ2v) is 3.00. The Hall–Kier alpha value is -0.790. The van der Waals surface area contributed by atoms with Crippen LogP contribution in [0.25, 0.3) is 0 Å². The van der Waals surface area contributed by atoms with Crippen molar-refractivity contribution in [2.45, 2.75) is 18.9 Å². The molecule has 0 aromatic rings. The standard InChI is InChI=1S/C8H13N3O.ClH/c1-11(6-4-9)8(12)7-3-2-5-10-7;/h7,10H,2-3,5-6H2,1H3;1H/t7-;/m0./s1. The molecule has 0 bridgehead atoms. The molecule has 13 heavy (non-hydrogen) atoms. The predicted molar refractivity (Wildman–Crippen MR) is 51.5 cm³/mol. The number of carbonyl (C=O) groups is 1. The highest BCUT2D eigenvalue weighted by molar-refractivity contribution is 5.85. The number of nitrogens with one attached hydrogen (secondary N) is 1. The molecule has 1 aliphatic heterocycles. The molecule has 0 radical (unpaired) electrons. The number of halogens is 1. The molecule has 1 amide bonds. The molecule has 1 aliphatic rings. The van der Waals surface area contributed by atoms with Crippen LogP contribution in [0, 0.1) is 11.3 Å². The fraction of sp³-hybridized carbons (Fsp3) is 0.750. The van der Waals surface area contributed by atoms with Crippen LogP contribution in [-0.4, -0.2) is 37.0 Å². The first-order chi connectivity index (χ1) is 5.75. The summed E-state index contributed by atoms with van der Waals surface area (Å²) in [5.74, 6) is 0.0362. The number of hydrogen-bond donors (Lipinski definition) is 1. The van der Waals surface area contributed by atoms with Gasteiger partial charge < -0.3 is 10.2 Å². The van der Waals surface area contributed by atoms with Gasteiger partial charge in [-0.1, -0.05) is 0 Å². The molecule has 0 aliphatic carbocycles. The monoisotopic (exact) mass is 203 g/mol. The van der Waals surface area contributed by atoms with E-state index in [2.05, 4.69) is 5.32 Å². The molecule has 5 heteroatoms. The third kappa shape index (κ3) is 3.21. The van der Waals surface area contributed by atoms with Gasteiger partial charge in [0.05, 0.1) is 12.1 Å². The smallest absolute Gasteiger partial charge is 0.240 e. The largest absolute Gasteiger partial charge is 0.331 e. The van der Waals surface area contributed by atoms with Gasteiger partial charge in [-0.15, -0.1) is 12.4 Å². The third-order valence-corrected chi connectivity index (χ3v) is 2.04. The molecule has 0 unspecified atom stereocenters. The van der Waals surface area contributed by atoms with E-state index in [1.54, 1.807) is 7.05 Å². The molecule has 0 aromatic heterocycles. The number of rotatable bonds is 2. The zero-order valence-electron chi connectivity index (χ0n) is 7.62. The number of likely N-dealkylation sites (N-methyl/N-ethyl adjacent to an activating group) is 1.